The third-order valence-electron chi connectivity index (χ3n) is 6.77. The van der Waals surface area contributed by atoms with Crippen molar-refractivity contribution in [2.75, 3.05) is 14.2 Å². The number of phenolic OH excluding ortho intramolecular Hbond substituents is 2. The zero-order valence-corrected chi connectivity index (χ0v) is 25.5. The predicted octanol–water partition coefficient (Wildman–Crippen LogP) is 7.59. The van der Waals surface area contributed by atoms with Crippen LogP contribution in [0, 0.1) is 0 Å². The van der Waals surface area contributed by atoms with Crippen molar-refractivity contribution >= 4 is 12.4 Å². The summed E-state index contributed by atoms with van der Waals surface area (Å²) in [7, 11) is 3.25. The van der Waals surface area contributed by atoms with E-state index in [-0.39, 0.29) is 33.4 Å². The summed E-state index contributed by atoms with van der Waals surface area (Å²) in [5.74, 6) is 1.85. The molecule has 0 aliphatic heterocycles. The molecule has 0 bridgehead atoms. The molecule has 0 amide bonds. The average Bonchev–Trinajstić information content (AvgIpc) is 2.80. The quantitative estimate of drug-likeness (QED) is 0.331. The summed E-state index contributed by atoms with van der Waals surface area (Å²) < 4.78 is 10.9. The first-order valence-corrected chi connectivity index (χ1v) is 13.2. The van der Waals surface area contributed by atoms with Gasteiger partial charge in [0, 0.05) is 34.7 Å². The molecule has 38 heavy (non-hydrogen) atoms. The Morgan fingerprint density at radius 2 is 0.921 bits per heavy atom. The fourth-order valence-corrected chi connectivity index (χ4v) is 4.06. The lowest BCUT2D eigenvalue weighted by Gasteiger charge is -2.27. The van der Waals surface area contributed by atoms with Gasteiger partial charge in [0.15, 0.2) is 0 Å². The van der Waals surface area contributed by atoms with Crippen molar-refractivity contribution in [3.8, 4) is 23.0 Å². The Morgan fingerprint density at radius 3 is 1.18 bits per heavy atom. The number of ether oxygens (including phenoxy) is 2. The van der Waals surface area contributed by atoms with Gasteiger partial charge in [0.1, 0.15) is 23.0 Å². The van der Waals surface area contributed by atoms with Crippen molar-refractivity contribution in [2.45, 2.75) is 104 Å². The number of phenols is 2. The van der Waals surface area contributed by atoms with Gasteiger partial charge in [-0.05, 0) is 75.6 Å². The molecule has 2 aromatic carbocycles. The smallest absolute Gasteiger partial charge is 0.128 e. The van der Waals surface area contributed by atoms with Crippen LogP contribution < -0.4 is 9.47 Å². The van der Waals surface area contributed by atoms with Crippen LogP contribution in [0.15, 0.2) is 34.3 Å². The molecule has 0 saturated heterocycles. The van der Waals surface area contributed by atoms with Gasteiger partial charge in [-0.3, -0.25) is 9.98 Å². The molecule has 0 radical (unpaired) electrons. The molecule has 6 heteroatoms. The van der Waals surface area contributed by atoms with Gasteiger partial charge in [-0.15, -0.1) is 0 Å². The summed E-state index contributed by atoms with van der Waals surface area (Å²) in [6.45, 7) is 20.7. The highest BCUT2D eigenvalue weighted by Gasteiger charge is 2.25. The van der Waals surface area contributed by atoms with E-state index in [1.165, 1.54) is 0 Å². The lowest BCUT2D eigenvalue weighted by atomic mass is 9.85. The molecule has 0 fully saturated rings. The van der Waals surface area contributed by atoms with Crippen LogP contribution in [0.5, 0.6) is 23.0 Å². The first-order valence-electron chi connectivity index (χ1n) is 13.2. The molecule has 0 unspecified atom stereocenters. The van der Waals surface area contributed by atoms with Crippen LogP contribution in [0.3, 0.4) is 0 Å². The van der Waals surface area contributed by atoms with Crippen molar-refractivity contribution < 1.29 is 19.7 Å². The minimum Gasteiger partial charge on any atom is -0.507 e. The number of benzene rings is 2. The maximum Gasteiger partial charge on any atom is 0.128 e. The Hall–Kier alpha value is -3.02. The van der Waals surface area contributed by atoms with Crippen molar-refractivity contribution in [3.05, 3.63) is 46.5 Å². The van der Waals surface area contributed by atoms with Gasteiger partial charge in [-0.1, -0.05) is 41.5 Å². The van der Waals surface area contributed by atoms with Gasteiger partial charge in [0.05, 0.1) is 25.3 Å². The molecule has 0 saturated carbocycles. The summed E-state index contributed by atoms with van der Waals surface area (Å²) in [6.07, 6.45) is 5.04. The highest BCUT2D eigenvalue weighted by Crippen LogP contribution is 2.38. The van der Waals surface area contributed by atoms with E-state index in [2.05, 4.69) is 69.2 Å². The van der Waals surface area contributed by atoms with Crippen LogP contribution in [0.2, 0.25) is 0 Å². The molecular weight excluding hydrogens is 476 g/mol. The third-order valence-corrected chi connectivity index (χ3v) is 6.77. The Morgan fingerprint density at radius 1 is 0.605 bits per heavy atom. The number of aromatic hydroxyl groups is 2. The van der Waals surface area contributed by atoms with Crippen LogP contribution in [0.25, 0.3) is 0 Å². The number of hydrogen-bond donors (Lipinski definition) is 2. The number of rotatable bonds is 9. The van der Waals surface area contributed by atoms with Gasteiger partial charge in [0.2, 0.25) is 0 Å². The Kier molecular flexibility index (Phi) is 9.35. The first kappa shape index (κ1) is 31.2. The Labute approximate surface area is 229 Å². The molecule has 0 aliphatic carbocycles. The zero-order chi connectivity index (χ0) is 29.1. The number of aliphatic imine (C=N–C) groups is 2. The lowest BCUT2D eigenvalue weighted by Crippen LogP contribution is -2.25. The van der Waals surface area contributed by atoms with E-state index in [9.17, 15) is 10.2 Å². The monoisotopic (exact) mass is 524 g/mol. The Bertz CT molecular complexity index is 1090. The second-order valence-electron chi connectivity index (χ2n) is 13.4. The number of hydrogen-bond acceptors (Lipinski definition) is 6. The largest absolute Gasteiger partial charge is 0.507 e. The van der Waals surface area contributed by atoms with E-state index in [1.807, 2.05) is 24.3 Å². The maximum absolute atomic E-state index is 10.9. The van der Waals surface area contributed by atoms with E-state index in [1.54, 1.807) is 26.6 Å². The van der Waals surface area contributed by atoms with Crippen molar-refractivity contribution in [2.24, 2.45) is 9.98 Å². The molecular formula is C32H48N2O4. The van der Waals surface area contributed by atoms with Gasteiger partial charge >= 0.3 is 0 Å². The second kappa shape index (κ2) is 11.4. The predicted molar refractivity (Wildman–Crippen MR) is 159 cm³/mol. The molecule has 6 nitrogen and oxygen atoms in total. The van der Waals surface area contributed by atoms with Crippen molar-refractivity contribution in [1.82, 2.24) is 0 Å². The maximum atomic E-state index is 10.9. The summed E-state index contributed by atoms with van der Waals surface area (Å²) in [6, 6.07) is 7.38. The second-order valence-corrected chi connectivity index (χ2v) is 13.4. The first-order chi connectivity index (χ1) is 17.3. The lowest BCUT2D eigenvalue weighted by molar-refractivity contribution is 0.381. The Balaban J connectivity index is 2.24. The number of methoxy groups -OCH3 is 2. The van der Waals surface area contributed by atoms with Crippen LogP contribution in [0.4, 0.5) is 0 Å². The van der Waals surface area contributed by atoms with Crippen molar-refractivity contribution in [3.63, 3.8) is 0 Å². The minimum absolute atomic E-state index is 0.232. The average molecular weight is 525 g/mol. The van der Waals surface area contributed by atoms with Crippen molar-refractivity contribution in [1.29, 1.82) is 0 Å². The van der Waals surface area contributed by atoms with Crippen LogP contribution in [0.1, 0.15) is 104 Å². The summed E-state index contributed by atoms with van der Waals surface area (Å²) in [4.78, 5) is 9.67. The minimum atomic E-state index is -0.373. The molecule has 2 aromatic rings. The molecule has 2 rings (SSSR count). The highest BCUT2D eigenvalue weighted by atomic mass is 16.5. The fourth-order valence-electron chi connectivity index (χ4n) is 4.06. The molecule has 0 spiro atoms. The summed E-state index contributed by atoms with van der Waals surface area (Å²) in [5, 5.41) is 21.8. The van der Waals surface area contributed by atoms with Gasteiger partial charge < -0.3 is 19.7 Å². The van der Waals surface area contributed by atoms with E-state index < -0.39 is 0 Å². The molecule has 2 N–H and O–H groups in total. The van der Waals surface area contributed by atoms with E-state index in [0.29, 0.717) is 22.6 Å². The standard InChI is InChI=1S/C32H48N2O4/c1-29(2,3)25-17-23(37-11)15-21(27(25)35)19-33-31(7,8)13-14-32(9,10)34-20-22-16-24(38-12)18-26(28(22)36)30(4,5)6/h15-20,35-36H,13-14H2,1-12H3. The number of nitrogens with zero attached hydrogens (tertiary/aromatic N) is 2. The summed E-state index contributed by atoms with van der Waals surface area (Å²) in [5.41, 5.74) is 1.71. The van der Waals surface area contributed by atoms with E-state index >= 15 is 0 Å². The molecule has 0 atom stereocenters. The molecule has 0 aromatic heterocycles. The molecule has 0 aliphatic rings. The van der Waals surface area contributed by atoms with Gasteiger partial charge in [-0.25, -0.2) is 0 Å². The molecule has 0 heterocycles. The van der Waals surface area contributed by atoms with Crippen LogP contribution in [-0.4, -0.2) is 47.9 Å². The molecule has 210 valence electrons. The highest BCUT2D eigenvalue weighted by molar-refractivity contribution is 5.86. The SMILES string of the molecule is COc1cc(C=NC(C)(C)CCC(C)(C)N=Cc2cc(OC)cc(C(C)(C)C)c2O)c(O)c(C(C)(C)C)c1. The van der Waals surface area contributed by atoms with E-state index in [4.69, 9.17) is 19.5 Å². The topological polar surface area (TPSA) is 83.6 Å². The van der Waals surface area contributed by atoms with Gasteiger partial charge in [0.25, 0.3) is 0 Å². The fraction of sp³-hybridized carbons (Fsp3) is 0.562. The zero-order valence-electron chi connectivity index (χ0n) is 25.5. The van der Waals surface area contributed by atoms with Gasteiger partial charge in [-0.2, -0.15) is 0 Å². The third kappa shape index (κ3) is 8.24. The normalized spacial score (nSPS) is 13.5. The summed E-state index contributed by atoms with van der Waals surface area (Å²) >= 11 is 0. The van der Waals surface area contributed by atoms with Crippen LogP contribution >= 0.6 is 0 Å². The van der Waals surface area contributed by atoms with E-state index in [0.717, 1.165) is 24.0 Å². The van der Waals surface area contributed by atoms with Crippen LogP contribution in [-0.2, 0) is 10.8 Å².